The number of carbonyl (C=O) groups excluding carboxylic acids is 1. The molecule has 0 unspecified atom stereocenters. The minimum atomic E-state index is -0.230. The van der Waals surface area contributed by atoms with Gasteiger partial charge in [0.15, 0.2) is 0 Å². The highest BCUT2D eigenvalue weighted by atomic mass is 16.2. The Kier molecular flexibility index (Phi) is 2.40. The highest BCUT2D eigenvalue weighted by Gasteiger charge is 2.24. The average molecular weight is 181 g/mol. The molecule has 0 fully saturated rings. The van der Waals surface area contributed by atoms with Crippen LogP contribution in [0.4, 0.5) is 0 Å². The van der Waals surface area contributed by atoms with Gasteiger partial charge in [-0.15, -0.1) is 0 Å². The SMILES string of the molecule is CC(=O)N(n1ccnc1)C(C)(C)C. The molecule has 0 saturated heterocycles. The molecule has 0 spiro atoms. The van der Waals surface area contributed by atoms with E-state index in [1.807, 2.05) is 20.8 Å². The van der Waals surface area contributed by atoms with Crippen LogP contribution in [0.25, 0.3) is 0 Å². The Labute approximate surface area is 78.2 Å². The summed E-state index contributed by atoms with van der Waals surface area (Å²) in [5.74, 6) is 0.00509. The molecule has 1 aromatic rings. The third kappa shape index (κ3) is 2.08. The maximum Gasteiger partial charge on any atom is 0.238 e. The van der Waals surface area contributed by atoms with E-state index in [9.17, 15) is 4.79 Å². The van der Waals surface area contributed by atoms with Crippen molar-refractivity contribution in [2.75, 3.05) is 5.01 Å². The van der Waals surface area contributed by atoms with Crippen LogP contribution in [0.1, 0.15) is 27.7 Å². The van der Waals surface area contributed by atoms with Gasteiger partial charge in [0.05, 0.1) is 5.54 Å². The van der Waals surface area contributed by atoms with Crippen LogP contribution in [0, 0.1) is 0 Å². The van der Waals surface area contributed by atoms with Crippen LogP contribution in [-0.2, 0) is 4.79 Å². The van der Waals surface area contributed by atoms with Gasteiger partial charge in [0.25, 0.3) is 0 Å². The molecule has 0 aliphatic rings. The number of rotatable bonds is 1. The lowest BCUT2D eigenvalue weighted by atomic mass is 10.1. The molecule has 0 aromatic carbocycles. The molecule has 4 nitrogen and oxygen atoms in total. The Hall–Kier alpha value is -1.32. The van der Waals surface area contributed by atoms with Crippen molar-refractivity contribution in [1.82, 2.24) is 9.66 Å². The summed E-state index contributed by atoms with van der Waals surface area (Å²) in [6.45, 7) is 7.49. The van der Waals surface area contributed by atoms with Crippen LogP contribution in [-0.4, -0.2) is 21.1 Å². The summed E-state index contributed by atoms with van der Waals surface area (Å²) < 4.78 is 1.70. The Balaban J connectivity index is 3.01. The standard InChI is InChI=1S/C9H15N3O/c1-8(13)12(9(2,3)4)11-6-5-10-7-11/h5-7H,1-4H3. The summed E-state index contributed by atoms with van der Waals surface area (Å²) in [7, 11) is 0. The van der Waals surface area contributed by atoms with Crippen molar-refractivity contribution in [1.29, 1.82) is 0 Å². The number of aromatic nitrogens is 2. The van der Waals surface area contributed by atoms with Gasteiger partial charge in [-0.3, -0.25) is 4.79 Å². The number of nitrogens with zero attached hydrogens (tertiary/aromatic N) is 3. The van der Waals surface area contributed by atoms with Gasteiger partial charge in [0.2, 0.25) is 5.91 Å². The Bertz CT molecular complexity index is 284. The molecule has 13 heavy (non-hydrogen) atoms. The van der Waals surface area contributed by atoms with Gasteiger partial charge < -0.3 is 0 Å². The van der Waals surface area contributed by atoms with Gasteiger partial charge in [-0.1, -0.05) is 0 Å². The van der Waals surface area contributed by atoms with Crippen LogP contribution in [0.15, 0.2) is 18.7 Å². The normalized spacial score (nSPS) is 11.4. The summed E-state index contributed by atoms with van der Waals surface area (Å²) in [5, 5.41) is 1.65. The number of amides is 1. The number of hydrogen-bond acceptors (Lipinski definition) is 2. The second-order valence-electron chi connectivity index (χ2n) is 3.94. The molecular formula is C9H15N3O. The lowest BCUT2D eigenvalue weighted by molar-refractivity contribution is -0.119. The Morgan fingerprint density at radius 1 is 1.46 bits per heavy atom. The molecule has 0 bridgehead atoms. The summed E-state index contributed by atoms with van der Waals surface area (Å²) in [5.41, 5.74) is -0.230. The predicted molar refractivity (Wildman–Crippen MR) is 50.9 cm³/mol. The van der Waals surface area contributed by atoms with Gasteiger partial charge in [-0.2, -0.15) is 0 Å². The molecule has 4 heteroatoms. The lowest BCUT2D eigenvalue weighted by Gasteiger charge is -2.34. The van der Waals surface area contributed by atoms with Gasteiger partial charge in [-0.25, -0.2) is 14.7 Å². The fourth-order valence-electron chi connectivity index (χ4n) is 1.35. The molecule has 1 rings (SSSR count). The van der Waals surface area contributed by atoms with E-state index in [0.717, 1.165) is 0 Å². The highest BCUT2D eigenvalue weighted by molar-refractivity contribution is 5.84. The lowest BCUT2D eigenvalue weighted by Crippen LogP contribution is -2.51. The monoisotopic (exact) mass is 181 g/mol. The highest BCUT2D eigenvalue weighted by Crippen LogP contribution is 2.11. The summed E-state index contributed by atoms with van der Waals surface area (Å²) >= 11 is 0. The van der Waals surface area contributed by atoms with Crippen molar-refractivity contribution in [3.63, 3.8) is 0 Å². The van der Waals surface area contributed by atoms with Crippen LogP contribution in [0.2, 0.25) is 0 Å². The Morgan fingerprint density at radius 3 is 2.38 bits per heavy atom. The fourth-order valence-corrected chi connectivity index (χ4v) is 1.35. The minimum Gasteiger partial charge on any atom is -0.273 e. The number of hydrogen-bond donors (Lipinski definition) is 0. The first kappa shape index (κ1) is 9.77. The molecule has 0 aliphatic heterocycles. The van der Waals surface area contributed by atoms with Crippen molar-refractivity contribution in [2.45, 2.75) is 33.2 Å². The molecule has 1 heterocycles. The maximum atomic E-state index is 11.4. The van der Waals surface area contributed by atoms with Gasteiger partial charge in [-0.05, 0) is 20.8 Å². The van der Waals surface area contributed by atoms with Crippen molar-refractivity contribution < 1.29 is 4.79 Å². The first-order valence-electron chi connectivity index (χ1n) is 4.22. The molecule has 72 valence electrons. The van der Waals surface area contributed by atoms with Gasteiger partial charge >= 0.3 is 0 Å². The maximum absolute atomic E-state index is 11.4. The van der Waals surface area contributed by atoms with Crippen LogP contribution in [0.3, 0.4) is 0 Å². The van der Waals surface area contributed by atoms with Crippen molar-refractivity contribution >= 4 is 5.91 Å². The summed E-state index contributed by atoms with van der Waals surface area (Å²) in [4.78, 5) is 15.3. The largest absolute Gasteiger partial charge is 0.273 e. The molecule has 0 aliphatic carbocycles. The van der Waals surface area contributed by atoms with Crippen LogP contribution < -0.4 is 5.01 Å². The molecule has 0 radical (unpaired) electrons. The van der Waals surface area contributed by atoms with E-state index in [2.05, 4.69) is 4.98 Å². The fraction of sp³-hybridized carbons (Fsp3) is 0.556. The van der Waals surface area contributed by atoms with E-state index in [4.69, 9.17) is 0 Å². The van der Waals surface area contributed by atoms with Crippen molar-refractivity contribution in [3.05, 3.63) is 18.7 Å². The average Bonchev–Trinajstić information content (AvgIpc) is 2.34. The second-order valence-corrected chi connectivity index (χ2v) is 3.94. The molecular weight excluding hydrogens is 166 g/mol. The number of carbonyl (C=O) groups is 1. The molecule has 0 atom stereocenters. The van der Waals surface area contributed by atoms with E-state index in [-0.39, 0.29) is 11.4 Å². The van der Waals surface area contributed by atoms with Crippen molar-refractivity contribution in [3.8, 4) is 0 Å². The van der Waals surface area contributed by atoms with Gasteiger partial charge in [0.1, 0.15) is 6.33 Å². The van der Waals surface area contributed by atoms with E-state index in [0.29, 0.717) is 0 Å². The second kappa shape index (κ2) is 3.20. The van der Waals surface area contributed by atoms with Crippen LogP contribution >= 0.6 is 0 Å². The van der Waals surface area contributed by atoms with E-state index >= 15 is 0 Å². The van der Waals surface area contributed by atoms with Crippen LogP contribution in [0.5, 0.6) is 0 Å². The first-order valence-corrected chi connectivity index (χ1v) is 4.22. The molecule has 1 aromatic heterocycles. The third-order valence-corrected chi connectivity index (χ3v) is 1.66. The summed E-state index contributed by atoms with van der Waals surface area (Å²) in [6, 6.07) is 0. The van der Waals surface area contributed by atoms with E-state index < -0.39 is 0 Å². The topological polar surface area (TPSA) is 38.1 Å². The van der Waals surface area contributed by atoms with Crippen molar-refractivity contribution in [2.24, 2.45) is 0 Å². The third-order valence-electron chi connectivity index (χ3n) is 1.66. The smallest absolute Gasteiger partial charge is 0.238 e. The quantitative estimate of drug-likeness (QED) is 0.652. The molecule has 0 N–H and O–H groups in total. The molecule has 0 saturated carbocycles. The molecule has 1 amide bonds. The van der Waals surface area contributed by atoms with E-state index in [1.54, 1.807) is 35.3 Å². The zero-order valence-electron chi connectivity index (χ0n) is 8.48. The minimum absolute atomic E-state index is 0.00509. The first-order chi connectivity index (χ1) is 5.93. The predicted octanol–water partition coefficient (Wildman–Crippen LogP) is 1.17. The van der Waals surface area contributed by atoms with Gasteiger partial charge in [0, 0.05) is 19.3 Å². The van der Waals surface area contributed by atoms with E-state index in [1.165, 1.54) is 0 Å². The zero-order valence-corrected chi connectivity index (χ0v) is 8.48. The summed E-state index contributed by atoms with van der Waals surface area (Å²) in [6.07, 6.45) is 5.03. The Morgan fingerprint density at radius 2 is 2.08 bits per heavy atom. The zero-order chi connectivity index (χ0) is 10.1. The number of imidazole rings is 1.